The predicted molar refractivity (Wildman–Crippen MR) is 76.0 cm³/mol. The first kappa shape index (κ1) is 10.9. The summed E-state index contributed by atoms with van der Waals surface area (Å²) in [5, 5.41) is 9.58. The molecule has 0 unspecified atom stereocenters. The normalized spacial score (nSPS) is 14.9. The fourth-order valence-corrected chi connectivity index (χ4v) is 2.70. The highest BCUT2D eigenvalue weighted by Gasteiger charge is 2.29. The zero-order valence-electron chi connectivity index (χ0n) is 10.2. The number of hydrogen-bond donors (Lipinski definition) is 1. The molecule has 0 saturated heterocycles. The van der Waals surface area contributed by atoms with E-state index in [-0.39, 0.29) is 0 Å². The summed E-state index contributed by atoms with van der Waals surface area (Å²) >= 11 is 5.39. The summed E-state index contributed by atoms with van der Waals surface area (Å²) in [6.07, 6.45) is 6.09. The van der Waals surface area contributed by atoms with Gasteiger partial charge in [0.05, 0.1) is 5.69 Å². The van der Waals surface area contributed by atoms with Gasteiger partial charge in [-0.15, -0.1) is 0 Å². The summed E-state index contributed by atoms with van der Waals surface area (Å²) < 4.78 is 2.72. The number of aromatic amines is 1. The number of rotatable bonds is 2. The lowest BCUT2D eigenvalue weighted by atomic mass is 10.1. The fourth-order valence-electron chi connectivity index (χ4n) is 2.46. The number of H-pyrrole nitrogens is 1. The third kappa shape index (κ3) is 1.69. The number of nitrogens with zero attached hydrogens (tertiary/aromatic N) is 3. The molecule has 0 radical (unpaired) electrons. The molecular formula is C14H12N4S. The van der Waals surface area contributed by atoms with Crippen LogP contribution >= 0.6 is 12.2 Å². The summed E-state index contributed by atoms with van der Waals surface area (Å²) in [5.74, 6) is 1.60. The summed E-state index contributed by atoms with van der Waals surface area (Å²) in [4.78, 5) is 4.17. The van der Waals surface area contributed by atoms with Crippen LogP contribution in [0.3, 0.4) is 0 Å². The monoisotopic (exact) mass is 268 g/mol. The number of fused-ring (bicyclic) bond motifs is 1. The number of pyridine rings is 1. The van der Waals surface area contributed by atoms with Gasteiger partial charge in [-0.1, -0.05) is 12.1 Å². The molecule has 1 aromatic carbocycles. The Morgan fingerprint density at radius 2 is 2.16 bits per heavy atom. The van der Waals surface area contributed by atoms with Crippen LogP contribution in [0.2, 0.25) is 0 Å². The minimum absolute atomic E-state index is 0.546. The van der Waals surface area contributed by atoms with Gasteiger partial charge in [-0.3, -0.25) is 14.6 Å². The van der Waals surface area contributed by atoms with Gasteiger partial charge in [0.1, 0.15) is 5.82 Å². The van der Waals surface area contributed by atoms with Crippen molar-refractivity contribution < 1.29 is 0 Å². The van der Waals surface area contributed by atoms with Crippen LogP contribution in [-0.2, 0) is 0 Å². The summed E-state index contributed by atoms with van der Waals surface area (Å²) in [6, 6.07) is 8.20. The topological polar surface area (TPSA) is 46.5 Å². The Labute approximate surface area is 115 Å². The molecule has 0 spiro atoms. The van der Waals surface area contributed by atoms with Crippen LogP contribution in [0, 0.1) is 4.77 Å². The van der Waals surface area contributed by atoms with Gasteiger partial charge in [0, 0.05) is 29.1 Å². The van der Waals surface area contributed by atoms with Crippen molar-refractivity contribution in [2.45, 2.75) is 18.8 Å². The van der Waals surface area contributed by atoms with Gasteiger partial charge >= 0.3 is 0 Å². The van der Waals surface area contributed by atoms with Crippen LogP contribution in [-0.4, -0.2) is 19.7 Å². The van der Waals surface area contributed by atoms with Crippen LogP contribution in [0.1, 0.15) is 24.6 Å². The SMILES string of the molecule is S=c1[nH]nc(C2CC2)n1-c1cccc2cnccc12. The number of hydrogen-bond acceptors (Lipinski definition) is 3. The van der Waals surface area contributed by atoms with Crippen LogP contribution < -0.4 is 0 Å². The van der Waals surface area contributed by atoms with Crippen molar-refractivity contribution in [3.63, 3.8) is 0 Å². The first-order valence-corrected chi connectivity index (χ1v) is 6.76. The lowest BCUT2D eigenvalue weighted by Crippen LogP contribution is -2.01. The molecule has 0 aliphatic heterocycles. The van der Waals surface area contributed by atoms with Crippen molar-refractivity contribution in [2.24, 2.45) is 0 Å². The van der Waals surface area contributed by atoms with Gasteiger partial charge in [0.15, 0.2) is 4.77 Å². The molecule has 0 bridgehead atoms. The third-order valence-corrected chi connectivity index (χ3v) is 3.81. The molecule has 1 fully saturated rings. The smallest absolute Gasteiger partial charge is 0.199 e. The first-order chi connectivity index (χ1) is 9.34. The molecule has 94 valence electrons. The molecule has 0 atom stereocenters. The molecule has 1 aliphatic carbocycles. The summed E-state index contributed by atoms with van der Waals surface area (Å²) in [6.45, 7) is 0. The second-order valence-corrected chi connectivity index (χ2v) is 5.26. The maximum absolute atomic E-state index is 5.39. The Morgan fingerprint density at radius 3 is 3.00 bits per heavy atom. The van der Waals surface area contributed by atoms with E-state index in [1.165, 1.54) is 12.8 Å². The molecular weight excluding hydrogens is 256 g/mol. The van der Waals surface area contributed by atoms with Crippen molar-refractivity contribution in [1.82, 2.24) is 19.7 Å². The average molecular weight is 268 g/mol. The van der Waals surface area contributed by atoms with Crippen molar-refractivity contribution in [3.05, 3.63) is 47.3 Å². The zero-order chi connectivity index (χ0) is 12.8. The number of nitrogens with one attached hydrogen (secondary N) is 1. The average Bonchev–Trinajstić information content (AvgIpc) is 3.22. The first-order valence-electron chi connectivity index (χ1n) is 6.35. The van der Waals surface area contributed by atoms with Gasteiger partial charge in [-0.25, -0.2) is 0 Å². The Bertz CT molecular complexity index is 808. The van der Waals surface area contributed by atoms with Crippen LogP contribution in [0.5, 0.6) is 0 Å². The molecule has 19 heavy (non-hydrogen) atoms. The molecule has 4 rings (SSSR count). The van der Waals surface area contributed by atoms with E-state index in [9.17, 15) is 0 Å². The van der Waals surface area contributed by atoms with Crippen molar-refractivity contribution in [3.8, 4) is 5.69 Å². The zero-order valence-corrected chi connectivity index (χ0v) is 11.0. The molecule has 2 aromatic heterocycles. The Balaban J connectivity index is 2.05. The molecule has 1 saturated carbocycles. The van der Waals surface area contributed by atoms with Gasteiger partial charge in [0.2, 0.25) is 0 Å². The van der Waals surface area contributed by atoms with Crippen molar-refractivity contribution in [1.29, 1.82) is 0 Å². The lowest BCUT2D eigenvalue weighted by molar-refractivity contribution is 0.872. The molecule has 5 heteroatoms. The van der Waals surface area contributed by atoms with E-state index in [1.807, 2.05) is 24.5 Å². The van der Waals surface area contributed by atoms with Crippen LogP contribution in [0.25, 0.3) is 16.5 Å². The van der Waals surface area contributed by atoms with Gasteiger partial charge in [-0.05, 0) is 37.2 Å². The van der Waals surface area contributed by atoms with Crippen LogP contribution in [0.4, 0.5) is 0 Å². The van der Waals surface area contributed by atoms with Crippen molar-refractivity contribution >= 4 is 23.0 Å². The maximum Gasteiger partial charge on any atom is 0.199 e. The van der Waals surface area contributed by atoms with E-state index in [1.54, 1.807) is 0 Å². The standard InChI is InChI=1S/C14H12N4S/c19-14-17-16-13(9-4-5-9)18(14)12-3-1-2-10-8-15-7-6-11(10)12/h1-3,6-9H,4-5H2,(H,17,19). The van der Waals surface area contributed by atoms with E-state index < -0.39 is 0 Å². The second kappa shape index (κ2) is 3.99. The maximum atomic E-state index is 5.39. The second-order valence-electron chi connectivity index (χ2n) is 4.87. The van der Waals surface area contributed by atoms with Gasteiger partial charge < -0.3 is 0 Å². The molecule has 3 aromatic rings. The Kier molecular flexibility index (Phi) is 2.29. The Morgan fingerprint density at radius 1 is 1.26 bits per heavy atom. The quantitative estimate of drug-likeness (QED) is 0.725. The molecule has 1 N–H and O–H groups in total. The number of benzene rings is 1. The van der Waals surface area contributed by atoms with E-state index in [0.717, 1.165) is 22.3 Å². The van der Waals surface area contributed by atoms with Gasteiger partial charge in [0.25, 0.3) is 0 Å². The van der Waals surface area contributed by atoms with Gasteiger partial charge in [-0.2, -0.15) is 5.10 Å². The fraction of sp³-hybridized carbons (Fsp3) is 0.214. The Hall–Kier alpha value is -2.01. The predicted octanol–water partition coefficient (Wildman–Crippen LogP) is 3.36. The summed E-state index contributed by atoms with van der Waals surface area (Å²) in [5.41, 5.74) is 1.08. The molecule has 4 nitrogen and oxygen atoms in total. The van der Waals surface area contributed by atoms with Crippen LogP contribution in [0.15, 0.2) is 36.7 Å². The molecule has 0 amide bonds. The minimum Gasteiger partial charge on any atom is -0.271 e. The largest absolute Gasteiger partial charge is 0.271 e. The third-order valence-electron chi connectivity index (χ3n) is 3.54. The number of aromatic nitrogens is 4. The highest BCUT2D eigenvalue weighted by atomic mass is 32.1. The summed E-state index contributed by atoms with van der Waals surface area (Å²) in [7, 11) is 0. The lowest BCUT2D eigenvalue weighted by Gasteiger charge is -2.09. The van der Waals surface area contributed by atoms with E-state index in [0.29, 0.717) is 10.7 Å². The van der Waals surface area contributed by atoms with E-state index in [2.05, 4.69) is 31.9 Å². The highest BCUT2D eigenvalue weighted by molar-refractivity contribution is 7.71. The van der Waals surface area contributed by atoms with Crippen molar-refractivity contribution in [2.75, 3.05) is 0 Å². The highest BCUT2D eigenvalue weighted by Crippen LogP contribution is 2.40. The molecule has 1 aliphatic rings. The van der Waals surface area contributed by atoms with E-state index in [4.69, 9.17) is 12.2 Å². The van der Waals surface area contributed by atoms with E-state index >= 15 is 0 Å². The minimum atomic E-state index is 0.546. The molecule has 2 heterocycles.